The molecule has 3 atom stereocenters. The van der Waals surface area contributed by atoms with Crippen molar-refractivity contribution in [2.24, 2.45) is 5.92 Å². The van der Waals surface area contributed by atoms with Gasteiger partial charge in [-0.1, -0.05) is 30.3 Å². The van der Waals surface area contributed by atoms with E-state index >= 15 is 0 Å². The van der Waals surface area contributed by atoms with Gasteiger partial charge in [0.15, 0.2) is 0 Å². The molecule has 1 saturated carbocycles. The zero-order valence-corrected chi connectivity index (χ0v) is 15.3. The number of hydrogen-bond donors (Lipinski definition) is 1. The Kier molecular flexibility index (Phi) is 10.0. The van der Waals surface area contributed by atoms with Gasteiger partial charge in [0, 0.05) is 12.3 Å². The molecule has 23 heavy (non-hydrogen) atoms. The standard InChI is InChI=1S/C17H25N2O2.ClH.Ni/c1-19(2)9-8-18-12-15-16(20)10-14(11-17(15)21)13-6-4-3-5-7-13;;/h3-7,14-16,20H,8-12H2,1-2H3;1H;/q-1;;+1/p-1. The Balaban J connectivity index is 0.00000127. The number of ketones is 1. The number of carbonyl (C=O) groups is 1. The van der Waals surface area contributed by atoms with E-state index in [1.807, 2.05) is 44.4 Å². The minimum absolute atomic E-state index is 0.145. The zero-order valence-electron chi connectivity index (χ0n) is 13.6. The number of rotatable bonds is 6. The summed E-state index contributed by atoms with van der Waals surface area (Å²) in [7, 11) is 8.27. The molecule has 1 aromatic rings. The number of likely N-dealkylation sites (N-methyl/N-ethyl adjacent to an activating group) is 1. The van der Waals surface area contributed by atoms with E-state index in [-0.39, 0.29) is 17.6 Å². The van der Waals surface area contributed by atoms with Crippen molar-refractivity contribution >= 4 is 16.0 Å². The van der Waals surface area contributed by atoms with Crippen molar-refractivity contribution in [3.8, 4) is 0 Å². The number of aliphatic hydroxyl groups is 1. The van der Waals surface area contributed by atoms with Gasteiger partial charge in [0.05, 0.1) is 6.10 Å². The zero-order chi connectivity index (χ0) is 17.2. The maximum atomic E-state index is 12.3. The quantitative estimate of drug-likeness (QED) is 0.607. The Morgan fingerprint density at radius 3 is 2.52 bits per heavy atom. The first kappa shape index (κ1) is 20.6. The third-order valence-electron chi connectivity index (χ3n) is 4.15. The fourth-order valence-electron chi connectivity index (χ4n) is 2.85. The third-order valence-corrected chi connectivity index (χ3v) is 4.15. The molecule has 1 aliphatic carbocycles. The normalized spacial score (nSPS) is 24.3. The van der Waals surface area contributed by atoms with E-state index in [0.29, 0.717) is 25.9 Å². The second kappa shape index (κ2) is 11.2. The van der Waals surface area contributed by atoms with E-state index in [9.17, 15) is 9.90 Å². The number of benzene rings is 1. The van der Waals surface area contributed by atoms with Crippen molar-refractivity contribution in [2.75, 3.05) is 33.7 Å². The summed E-state index contributed by atoms with van der Waals surface area (Å²) in [6.45, 7) is 2.05. The van der Waals surface area contributed by atoms with E-state index in [1.54, 1.807) is 0 Å². The molecule has 2 rings (SSSR count). The fourth-order valence-corrected chi connectivity index (χ4v) is 2.85. The summed E-state index contributed by atoms with van der Waals surface area (Å²) in [4.78, 5) is 14.3. The van der Waals surface area contributed by atoms with Gasteiger partial charge in [-0.05, 0) is 38.5 Å². The van der Waals surface area contributed by atoms with Gasteiger partial charge in [-0.3, -0.25) is 4.79 Å². The number of halogens is 1. The van der Waals surface area contributed by atoms with E-state index in [2.05, 4.69) is 35.0 Å². The summed E-state index contributed by atoms with van der Waals surface area (Å²) >= 11 is 3.35. The molecular weight excluding hydrogens is 358 g/mol. The van der Waals surface area contributed by atoms with Crippen molar-refractivity contribution in [3.63, 3.8) is 0 Å². The Morgan fingerprint density at radius 1 is 1.30 bits per heavy atom. The predicted octanol–water partition coefficient (Wildman–Crippen LogP) is 2.73. The monoisotopic (exact) mass is 382 g/mol. The van der Waals surface area contributed by atoms with Crippen molar-refractivity contribution in [3.05, 3.63) is 41.2 Å². The molecule has 133 valence electrons. The molecule has 0 aromatic heterocycles. The van der Waals surface area contributed by atoms with Crippen molar-refractivity contribution in [2.45, 2.75) is 24.9 Å². The topological polar surface area (TPSA) is 54.6 Å². The van der Waals surface area contributed by atoms with Crippen molar-refractivity contribution in [1.82, 2.24) is 4.90 Å². The summed E-state index contributed by atoms with van der Waals surface area (Å²) in [5.74, 6) is -0.0185. The summed E-state index contributed by atoms with van der Waals surface area (Å²) in [6.07, 6.45) is 0.609. The van der Waals surface area contributed by atoms with Gasteiger partial charge < -0.3 is 15.3 Å². The fraction of sp³-hybridized carbons (Fsp3) is 0.588. The van der Waals surface area contributed by atoms with Gasteiger partial charge >= 0.3 is 24.8 Å². The predicted molar refractivity (Wildman–Crippen MR) is 90.4 cm³/mol. The van der Waals surface area contributed by atoms with Crippen LogP contribution < -0.4 is 0 Å². The summed E-state index contributed by atoms with van der Waals surface area (Å²) in [6, 6.07) is 10.00. The molecule has 1 aliphatic rings. The molecule has 1 fully saturated rings. The van der Waals surface area contributed by atoms with Crippen LogP contribution in [0, 0.1) is 5.92 Å². The van der Waals surface area contributed by atoms with Crippen LogP contribution >= 0.6 is 10.2 Å². The van der Waals surface area contributed by atoms with Crippen LogP contribution in [-0.4, -0.2) is 55.6 Å². The van der Waals surface area contributed by atoms with Gasteiger partial charge in [0.25, 0.3) is 0 Å². The number of Topliss-reactive ketones (excluding diaryl/α,β-unsaturated/α-hetero) is 1. The molecule has 3 unspecified atom stereocenters. The Labute approximate surface area is 151 Å². The van der Waals surface area contributed by atoms with E-state index in [4.69, 9.17) is 0 Å². The molecular formula is C17H25ClN2NiO2-. The molecule has 0 radical (unpaired) electrons. The molecule has 4 nitrogen and oxygen atoms in total. The number of hydrogen-bond acceptors (Lipinski definition) is 3. The summed E-state index contributed by atoms with van der Waals surface area (Å²) in [5, 5.41) is 14.7. The molecule has 0 bridgehead atoms. The van der Waals surface area contributed by atoms with Gasteiger partial charge in [-0.2, -0.15) is 0 Å². The van der Waals surface area contributed by atoms with Crippen LogP contribution in [0.3, 0.4) is 0 Å². The molecule has 1 N–H and O–H groups in total. The van der Waals surface area contributed by atoms with E-state index in [1.165, 1.54) is 0 Å². The van der Waals surface area contributed by atoms with E-state index in [0.717, 1.165) is 12.1 Å². The van der Waals surface area contributed by atoms with Gasteiger partial charge in [0.1, 0.15) is 5.78 Å². The Hall–Kier alpha value is -0.446. The van der Waals surface area contributed by atoms with Crippen LogP contribution in [-0.2, 0) is 19.4 Å². The van der Waals surface area contributed by atoms with Gasteiger partial charge in [-0.25, -0.2) is 0 Å². The van der Waals surface area contributed by atoms with Crippen LogP contribution in [0.15, 0.2) is 30.3 Å². The van der Waals surface area contributed by atoms with Crippen molar-refractivity contribution < 1.29 is 24.5 Å². The second-order valence-electron chi connectivity index (χ2n) is 6.12. The van der Waals surface area contributed by atoms with Crippen LogP contribution in [0.1, 0.15) is 24.3 Å². The first-order valence-corrected chi connectivity index (χ1v) is 9.09. The summed E-state index contributed by atoms with van der Waals surface area (Å²) < 4.78 is 0. The number of carbonyl (C=O) groups excluding carboxylic acids is 1. The average Bonchev–Trinajstić information content (AvgIpc) is 2.55. The molecule has 1 aromatic carbocycles. The maximum absolute atomic E-state index is 12.3. The van der Waals surface area contributed by atoms with E-state index < -0.39 is 6.10 Å². The Bertz CT molecular complexity index is 459. The number of nitrogens with zero attached hydrogens (tertiary/aromatic N) is 2. The van der Waals surface area contributed by atoms with Gasteiger partial charge in [-0.15, -0.1) is 13.1 Å². The molecule has 0 aliphatic heterocycles. The van der Waals surface area contributed by atoms with Crippen LogP contribution in [0.4, 0.5) is 0 Å². The third kappa shape index (κ3) is 6.90. The first-order chi connectivity index (χ1) is 11.1. The number of aliphatic hydroxyl groups excluding tert-OH is 1. The Morgan fingerprint density at radius 2 is 1.96 bits per heavy atom. The molecule has 0 amide bonds. The average molecular weight is 384 g/mol. The summed E-state index contributed by atoms with van der Waals surface area (Å²) in [5.41, 5.74) is 1.15. The van der Waals surface area contributed by atoms with Crippen LogP contribution in [0.5, 0.6) is 0 Å². The van der Waals surface area contributed by atoms with Gasteiger partial charge in [0.2, 0.25) is 0 Å². The minimum atomic E-state index is -0.570. The molecule has 0 saturated heterocycles. The molecule has 6 heteroatoms. The van der Waals surface area contributed by atoms with Crippen molar-refractivity contribution in [1.29, 1.82) is 0 Å². The molecule has 0 spiro atoms. The molecule has 0 heterocycles. The van der Waals surface area contributed by atoms with Crippen LogP contribution in [0.25, 0.3) is 5.32 Å². The SMILES string of the molecule is CN(C)CC[N-]CC1C(=O)CC(c2ccccc2)CC1O.[Cl][Ni]. The van der Waals surface area contributed by atoms with Crippen LogP contribution in [0.2, 0.25) is 0 Å². The second-order valence-corrected chi connectivity index (χ2v) is 6.12. The first-order valence-electron chi connectivity index (χ1n) is 7.73.